The van der Waals surface area contributed by atoms with Crippen molar-refractivity contribution < 1.29 is 27.8 Å². The number of carboxylic acid groups (broad SMARTS) is 1. The highest BCUT2D eigenvalue weighted by Crippen LogP contribution is 2.30. The minimum atomic E-state index is -1.58. The summed E-state index contributed by atoms with van der Waals surface area (Å²) >= 11 is 0.737. The number of ether oxygens (including phenoxy) is 1. The van der Waals surface area contributed by atoms with E-state index in [0.717, 1.165) is 23.5 Å². The van der Waals surface area contributed by atoms with Gasteiger partial charge in [-0.2, -0.15) is 0 Å². The highest BCUT2D eigenvalue weighted by atomic mass is 32.1. The predicted octanol–water partition coefficient (Wildman–Crippen LogP) is 3.07. The molecule has 0 amide bonds. The Hall–Kier alpha value is -1.93. The van der Waals surface area contributed by atoms with E-state index >= 15 is 0 Å². The van der Waals surface area contributed by atoms with E-state index in [1.807, 2.05) is 0 Å². The first-order chi connectivity index (χ1) is 9.43. The molecule has 0 aliphatic heterocycles. The second-order valence-corrected chi connectivity index (χ2v) is 4.79. The van der Waals surface area contributed by atoms with Crippen molar-refractivity contribution in [2.45, 2.75) is 6.61 Å². The molecule has 0 atom stereocenters. The van der Waals surface area contributed by atoms with Crippen LogP contribution in [0, 0.1) is 17.5 Å². The zero-order valence-corrected chi connectivity index (χ0v) is 10.9. The van der Waals surface area contributed by atoms with Crippen LogP contribution in [0.25, 0.3) is 10.6 Å². The Morgan fingerprint density at radius 3 is 2.45 bits per heavy atom. The smallest absolute Gasteiger partial charge is 0.347 e. The molecule has 0 fully saturated rings. The molecule has 1 N–H and O–H groups in total. The Morgan fingerprint density at radius 1 is 1.35 bits per heavy atom. The number of thiazole rings is 1. The Bertz CT molecular complexity index is 649. The topological polar surface area (TPSA) is 59.4 Å². The van der Waals surface area contributed by atoms with Crippen molar-refractivity contribution in [2.75, 3.05) is 7.11 Å². The van der Waals surface area contributed by atoms with Crippen LogP contribution >= 0.6 is 11.3 Å². The van der Waals surface area contributed by atoms with Gasteiger partial charge in [-0.05, 0) is 12.1 Å². The number of aromatic carboxylic acids is 1. The Balaban J connectivity index is 2.53. The lowest BCUT2D eigenvalue weighted by atomic mass is 10.2. The van der Waals surface area contributed by atoms with Gasteiger partial charge in [-0.3, -0.25) is 0 Å². The van der Waals surface area contributed by atoms with Gasteiger partial charge in [0.25, 0.3) is 0 Å². The first kappa shape index (κ1) is 14.5. The zero-order valence-electron chi connectivity index (χ0n) is 10.1. The van der Waals surface area contributed by atoms with Crippen molar-refractivity contribution in [3.63, 3.8) is 0 Å². The number of aromatic nitrogens is 1. The van der Waals surface area contributed by atoms with Gasteiger partial charge in [0.1, 0.15) is 9.88 Å². The standard InChI is InChI=1S/C12H8F3NO3S/c1-19-4-8-10(12(17)18)20-11(16-8)5-2-6(13)9(15)7(14)3-5/h2-3H,4H2,1H3,(H,17,18). The molecule has 0 saturated carbocycles. The third-order valence-corrected chi connectivity index (χ3v) is 3.54. The SMILES string of the molecule is COCc1nc(-c2cc(F)c(F)c(F)c2)sc1C(=O)O. The molecule has 0 spiro atoms. The maximum absolute atomic E-state index is 13.2. The average Bonchev–Trinajstić information content (AvgIpc) is 2.80. The van der Waals surface area contributed by atoms with Crippen molar-refractivity contribution in [1.29, 1.82) is 0 Å². The summed E-state index contributed by atoms with van der Waals surface area (Å²) in [5, 5.41) is 9.09. The molecule has 0 radical (unpaired) electrons. The molecule has 0 aliphatic carbocycles. The third-order valence-electron chi connectivity index (χ3n) is 2.40. The van der Waals surface area contributed by atoms with Crippen LogP contribution in [0.1, 0.15) is 15.4 Å². The number of methoxy groups -OCH3 is 1. The van der Waals surface area contributed by atoms with E-state index in [2.05, 4.69) is 4.98 Å². The predicted molar refractivity (Wildman–Crippen MR) is 65.1 cm³/mol. The molecule has 20 heavy (non-hydrogen) atoms. The summed E-state index contributed by atoms with van der Waals surface area (Å²) in [5.41, 5.74) is 0.112. The molecule has 2 rings (SSSR count). The first-order valence-electron chi connectivity index (χ1n) is 5.31. The van der Waals surface area contributed by atoms with Crippen molar-refractivity contribution >= 4 is 17.3 Å². The molecule has 4 nitrogen and oxygen atoms in total. The van der Waals surface area contributed by atoms with E-state index in [4.69, 9.17) is 9.84 Å². The second-order valence-electron chi connectivity index (χ2n) is 3.79. The Morgan fingerprint density at radius 2 is 1.95 bits per heavy atom. The van der Waals surface area contributed by atoms with E-state index < -0.39 is 23.4 Å². The molecular formula is C12H8F3NO3S. The second kappa shape index (κ2) is 5.59. The number of nitrogens with zero attached hydrogens (tertiary/aromatic N) is 1. The van der Waals surface area contributed by atoms with E-state index in [9.17, 15) is 18.0 Å². The van der Waals surface area contributed by atoms with Gasteiger partial charge in [-0.25, -0.2) is 22.9 Å². The molecule has 0 saturated heterocycles. The lowest BCUT2D eigenvalue weighted by Crippen LogP contribution is -1.99. The van der Waals surface area contributed by atoms with Gasteiger partial charge in [0.15, 0.2) is 17.5 Å². The summed E-state index contributed by atoms with van der Waals surface area (Å²) in [7, 11) is 1.36. The Labute approximate surface area is 115 Å². The van der Waals surface area contributed by atoms with E-state index in [1.54, 1.807) is 0 Å². The maximum atomic E-state index is 13.2. The molecule has 2 aromatic rings. The molecule has 0 aliphatic rings. The lowest BCUT2D eigenvalue weighted by Gasteiger charge is -1.99. The van der Waals surface area contributed by atoms with Crippen LogP contribution in [0.5, 0.6) is 0 Å². The monoisotopic (exact) mass is 303 g/mol. The number of hydrogen-bond donors (Lipinski definition) is 1. The number of carbonyl (C=O) groups is 1. The number of halogens is 3. The van der Waals surface area contributed by atoms with Crippen molar-refractivity contribution in [2.24, 2.45) is 0 Å². The summed E-state index contributed by atoms with van der Waals surface area (Å²) in [6, 6.07) is 1.53. The van der Waals surface area contributed by atoms with Crippen molar-refractivity contribution in [3.05, 3.63) is 40.2 Å². The van der Waals surface area contributed by atoms with Crippen LogP contribution in [-0.2, 0) is 11.3 Å². The first-order valence-corrected chi connectivity index (χ1v) is 6.12. The normalized spacial score (nSPS) is 10.8. The number of rotatable bonds is 4. The van der Waals surface area contributed by atoms with E-state index in [-0.39, 0.29) is 27.7 Å². The maximum Gasteiger partial charge on any atom is 0.347 e. The molecule has 0 bridgehead atoms. The van der Waals surface area contributed by atoms with Gasteiger partial charge in [-0.15, -0.1) is 11.3 Å². The molecule has 1 aromatic carbocycles. The quantitative estimate of drug-likeness (QED) is 0.882. The van der Waals surface area contributed by atoms with Crippen LogP contribution in [0.15, 0.2) is 12.1 Å². The van der Waals surface area contributed by atoms with Gasteiger partial charge in [0.2, 0.25) is 0 Å². The molecule has 0 unspecified atom stereocenters. The van der Waals surface area contributed by atoms with Crippen molar-refractivity contribution in [3.8, 4) is 10.6 Å². The van der Waals surface area contributed by atoms with Gasteiger partial charge in [0, 0.05) is 12.7 Å². The summed E-state index contributed by atoms with van der Waals surface area (Å²) < 4.78 is 44.0. The van der Waals surface area contributed by atoms with Crippen LogP contribution in [-0.4, -0.2) is 23.2 Å². The highest BCUT2D eigenvalue weighted by Gasteiger charge is 2.20. The average molecular weight is 303 g/mol. The van der Waals surface area contributed by atoms with Crippen molar-refractivity contribution in [1.82, 2.24) is 4.98 Å². The van der Waals surface area contributed by atoms with Crippen LogP contribution < -0.4 is 0 Å². The van der Waals surface area contributed by atoms with Crippen LogP contribution in [0.3, 0.4) is 0 Å². The van der Waals surface area contributed by atoms with E-state index in [0.29, 0.717) is 0 Å². The molecule has 1 heterocycles. The van der Waals surface area contributed by atoms with Gasteiger partial charge >= 0.3 is 5.97 Å². The fraction of sp³-hybridized carbons (Fsp3) is 0.167. The molecular weight excluding hydrogens is 295 g/mol. The fourth-order valence-electron chi connectivity index (χ4n) is 1.56. The fourth-order valence-corrected chi connectivity index (χ4v) is 2.45. The zero-order chi connectivity index (χ0) is 14.9. The minimum absolute atomic E-state index is 0.0312. The molecule has 8 heteroatoms. The van der Waals surface area contributed by atoms with Gasteiger partial charge < -0.3 is 9.84 Å². The largest absolute Gasteiger partial charge is 0.477 e. The van der Waals surface area contributed by atoms with Crippen LogP contribution in [0.2, 0.25) is 0 Å². The molecule has 1 aromatic heterocycles. The van der Waals surface area contributed by atoms with Gasteiger partial charge in [-0.1, -0.05) is 0 Å². The number of benzene rings is 1. The van der Waals surface area contributed by atoms with Crippen LogP contribution in [0.4, 0.5) is 13.2 Å². The summed E-state index contributed by atoms with van der Waals surface area (Å²) in [6.45, 7) is -0.0513. The summed E-state index contributed by atoms with van der Waals surface area (Å²) in [4.78, 5) is 14.9. The van der Waals surface area contributed by atoms with E-state index in [1.165, 1.54) is 7.11 Å². The summed E-state index contributed by atoms with van der Waals surface area (Å²) in [6.07, 6.45) is 0. The third kappa shape index (κ3) is 2.66. The highest BCUT2D eigenvalue weighted by molar-refractivity contribution is 7.17. The summed E-state index contributed by atoms with van der Waals surface area (Å²) in [5.74, 6) is -5.52. The molecule has 106 valence electrons. The van der Waals surface area contributed by atoms with Gasteiger partial charge in [0.05, 0.1) is 12.3 Å². The number of hydrogen-bond acceptors (Lipinski definition) is 4. The minimum Gasteiger partial charge on any atom is -0.477 e. The number of carboxylic acids is 1. The lowest BCUT2D eigenvalue weighted by molar-refractivity contribution is 0.0697. The Kier molecular flexibility index (Phi) is 4.05.